The summed E-state index contributed by atoms with van der Waals surface area (Å²) in [7, 11) is 1.68. The number of anilines is 1. The van der Waals surface area contributed by atoms with Crippen LogP contribution in [-0.4, -0.2) is 77.1 Å². The molecule has 2 aromatic carbocycles. The van der Waals surface area contributed by atoms with Gasteiger partial charge in [0.25, 0.3) is 5.91 Å². The summed E-state index contributed by atoms with van der Waals surface area (Å²) in [5.74, 6) is -2.51. The van der Waals surface area contributed by atoms with Gasteiger partial charge in [0.2, 0.25) is 11.8 Å². The minimum atomic E-state index is -1.21. The van der Waals surface area contributed by atoms with Gasteiger partial charge in [0, 0.05) is 30.8 Å². The molecule has 0 saturated carbocycles. The van der Waals surface area contributed by atoms with E-state index in [9.17, 15) is 19.5 Å². The first-order valence-electron chi connectivity index (χ1n) is 13.5. The van der Waals surface area contributed by atoms with Crippen molar-refractivity contribution >= 4 is 35.0 Å². The number of hydrogen-bond donors (Lipinski definition) is 1. The molecule has 1 N–H and O–H groups in total. The van der Waals surface area contributed by atoms with Crippen LogP contribution in [0.4, 0.5) is 5.69 Å². The Labute approximate surface area is 239 Å². The largest absolute Gasteiger partial charge is 0.394 e. The summed E-state index contributed by atoms with van der Waals surface area (Å²) < 4.78 is 6.58. The predicted molar refractivity (Wildman–Crippen MR) is 153 cm³/mol. The van der Waals surface area contributed by atoms with Crippen LogP contribution in [0.5, 0.6) is 0 Å². The number of rotatable bonds is 10. The first kappa shape index (κ1) is 28.1. The van der Waals surface area contributed by atoms with Gasteiger partial charge < -0.3 is 24.5 Å². The summed E-state index contributed by atoms with van der Waals surface area (Å²) >= 11 is 6.12. The molecule has 0 radical (unpaired) electrons. The lowest BCUT2D eigenvalue weighted by Crippen LogP contribution is -2.57. The van der Waals surface area contributed by atoms with Crippen molar-refractivity contribution in [1.29, 1.82) is 0 Å². The molecule has 3 amide bonds. The molecule has 3 aliphatic heterocycles. The van der Waals surface area contributed by atoms with E-state index in [4.69, 9.17) is 16.3 Å². The number of likely N-dealkylation sites (N-methyl/N-ethyl adjacent to an activating group) is 1. The van der Waals surface area contributed by atoms with Gasteiger partial charge in [-0.05, 0) is 42.7 Å². The second-order valence-corrected chi connectivity index (χ2v) is 11.1. The lowest BCUT2D eigenvalue weighted by molar-refractivity contribution is -0.147. The summed E-state index contributed by atoms with van der Waals surface area (Å²) in [5, 5.41) is 11.2. The normalized spacial score (nSPS) is 27.3. The lowest BCUT2D eigenvalue weighted by Gasteiger charge is -2.39. The van der Waals surface area contributed by atoms with E-state index in [-0.39, 0.29) is 24.3 Å². The average molecular weight is 564 g/mol. The number of carbonyl (C=O) groups excluding carboxylic acids is 3. The number of halogens is 1. The van der Waals surface area contributed by atoms with Crippen molar-refractivity contribution in [2.75, 3.05) is 31.6 Å². The molecule has 3 saturated heterocycles. The molecule has 0 aliphatic carbocycles. The number of ether oxygens (including phenoxy) is 1. The number of hydrogen-bond acceptors (Lipinski definition) is 5. The Kier molecular flexibility index (Phi) is 7.86. The molecule has 2 bridgehead atoms. The lowest BCUT2D eigenvalue weighted by atomic mass is 9.70. The third-order valence-corrected chi connectivity index (χ3v) is 8.70. The number of nitrogens with zero attached hydrogens (tertiary/aromatic N) is 3. The Morgan fingerprint density at radius 3 is 2.42 bits per heavy atom. The van der Waals surface area contributed by atoms with Crippen LogP contribution in [0.15, 0.2) is 79.9 Å². The van der Waals surface area contributed by atoms with E-state index in [1.165, 1.54) is 4.90 Å². The fourth-order valence-corrected chi connectivity index (χ4v) is 6.90. The molecule has 9 heteroatoms. The van der Waals surface area contributed by atoms with Crippen LogP contribution in [-0.2, 0) is 19.1 Å². The Balaban J connectivity index is 1.64. The number of aliphatic hydroxyl groups is 1. The molecule has 2 unspecified atom stereocenters. The Hall–Kier alpha value is -3.46. The Morgan fingerprint density at radius 2 is 1.80 bits per heavy atom. The zero-order chi connectivity index (χ0) is 28.6. The van der Waals surface area contributed by atoms with E-state index < -0.39 is 42.2 Å². The number of amides is 3. The maximum absolute atomic E-state index is 14.6. The molecule has 1 spiro atoms. The first-order chi connectivity index (χ1) is 19.3. The van der Waals surface area contributed by atoms with Crippen molar-refractivity contribution in [2.45, 2.75) is 36.6 Å². The predicted octanol–water partition coefficient (Wildman–Crippen LogP) is 3.61. The van der Waals surface area contributed by atoms with Crippen LogP contribution >= 0.6 is 11.6 Å². The van der Waals surface area contributed by atoms with E-state index in [1.807, 2.05) is 30.3 Å². The summed E-state index contributed by atoms with van der Waals surface area (Å²) in [4.78, 5) is 47.3. The molecule has 40 heavy (non-hydrogen) atoms. The standard InChI is InChI=1S/C31H34ClN3O5/c1-4-17-33(3)28(37)25-24-15-16-31(40-24)26(25)29(38)35(23(19-36)20-9-7-6-8-10-20)27(31)30(39)34(18-5-2)22-13-11-21(32)12-14-22/h4-14,23-27,36H,1-2,15-19H2,3H3/t23-,24+,25-,26+,27?,31?/m1/s1. The molecule has 210 valence electrons. The van der Waals surface area contributed by atoms with E-state index in [0.717, 1.165) is 0 Å². The van der Waals surface area contributed by atoms with Gasteiger partial charge in [-0.2, -0.15) is 0 Å². The second-order valence-electron chi connectivity index (χ2n) is 10.6. The van der Waals surface area contributed by atoms with Crippen molar-refractivity contribution in [1.82, 2.24) is 9.80 Å². The van der Waals surface area contributed by atoms with Crippen LogP contribution in [0.2, 0.25) is 5.02 Å². The highest BCUT2D eigenvalue weighted by molar-refractivity contribution is 6.30. The van der Waals surface area contributed by atoms with Crippen LogP contribution in [0.25, 0.3) is 0 Å². The van der Waals surface area contributed by atoms with Gasteiger partial charge in [0.1, 0.15) is 11.6 Å². The summed E-state index contributed by atoms with van der Waals surface area (Å²) in [6, 6.07) is 14.1. The number of carbonyl (C=O) groups is 3. The van der Waals surface area contributed by atoms with Gasteiger partial charge in [-0.1, -0.05) is 54.1 Å². The van der Waals surface area contributed by atoms with Crippen molar-refractivity contribution in [3.05, 3.63) is 90.5 Å². The van der Waals surface area contributed by atoms with Crippen molar-refractivity contribution in [3.63, 3.8) is 0 Å². The fraction of sp³-hybridized carbons (Fsp3) is 0.387. The number of fused-ring (bicyclic) bond motifs is 1. The highest BCUT2D eigenvalue weighted by Crippen LogP contribution is 2.60. The van der Waals surface area contributed by atoms with Gasteiger partial charge >= 0.3 is 0 Å². The van der Waals surface area contributed by atoms with Gasteiger partial charge in [0.15, 0.2) is 0 Å². The van der Waals surface area contributed by atoms with E-state index in [1.54, 1.807) is 53.3 Å². The third-order valence-electron chi connectivity index (χ3n) is 8.45. The quantitative estimate of drug-likeness (QED) is 0.446. The smallest absolute Gasteiger partial charge is 0.253 e. The molecular formula is C31H34ClN3O5. The van der Waals surface area contributed by atoms with Crippen LogP contribution < -0.4 is 4.90 Å². The van der Waals surface area contributed by atoms with Crippen molar-refractivity contribution in [2.24, 2.45) is 11.8 Å². The molecule has 5 rings (SSSR count). The zero-order valence-electron chi connectivity index (χ0n) is 22.5. The van der Waals surface area contributed by atoms with Crippen molar-refractivity contribution in [3.8, 4) is 0 Å². The topological polar surface area (TPSA) is 90.4 Å². The van der Waals surface area contributed by atoms with Gasteiger partial charge in [-0.25, -0.2) is 0 Å². The first-order valence-corrected chi connectivity index (χ1v) is 13.9. The van der Waals surface area contributed by atoms with Crippen LogP contribution in [0.1, 0.15) is 24.4 Å². The number of aliphatic hydroxyl groups excluding tert-OH is 1. The van der Waals surface area contributed by atoms with E-state index in [0.29, 0.717) is 35.7 Å². The average Bonchev–Trinajstić information content (AvgIpc) is 3.60. The number of likely N-dealkylation sites (tertiary alicyclic amines) is 1. The molecule has 2 aromatic rings. The minimum absolute atomic E-state index is 0.183. The SMILES string of the molecule is C=CCN(C)C(=O)[C@@H]1[C@@H]2CCC3(O2)C(C(=O)N(CC=C)c2ccc(Cl)cc2)N([C@H](CO)c2ccccc2)C(=O)[C@H]13. The van der Waals surface area contributed by atoms with Gasteiger partial charge in [-0.15, -0.1) is 13.2 Å². The van der Waals surface area contributed by atoms with Gasteiger partial charge in [0.05, 0.1) is 30.6 Å². The molecular weight excluding hydrogens is 530 g/mol. The minimum Gasteiger partial charge on any atom is -0.394 e. The fourth-order valence-electron chi connectivity index (χ4n) is 6.78. The zero-order valence-corrected chi connectivity index (χ0v) is 23.2. The molecule has 3 aliphatic rings. The van der Waals surface area contributed by atoms with E-state index >= 15 is 0 Å². The molecule has 3 fully saturated rings. The molecule has 0 aromatic heterocycles. The number of benzene rings is 2. The Bertz CT molecular complexity index is 1300. The summed E-state index contributed by atoms with van der Waals surface area (Å²) in [6.07, 6.45) is 3.78. The second kappa shape index (κ2) is 11.2. The molecule has 3 heterocycles. The summed E-state index contributed by atoms with van der Waals surface area (Å²) in [5.41, 5.74) is 0.0746. The maximum atomic E-state index is 14.6. The maximum Gasteiger partial charge on any atom is 0.253 e. The van der Waals surface area contributed by atoms with Crippen LogP contribution in [0, 0.1) is 11.8 Å². The third kappa shape index (κ3) is 4.44. The van der Waals surface area contributed by atoms with Crippen molar-refractivity contribution < 1.29 is 24.2 Å². The highest BCUT2D eigenvalue weighted by atomic mass is 35.5. The summed E-state index contributed by atoms with van der Waals surface area (Å²) in [6.45, 7) is 7.68. The monoisotopic (exact) mass is 563 g/mol. The molecule has 6 atom stereocenters. The van der Waals surface area contributed by atoms with Gasteiger partial charge in [-0.3, -0.25) is 14.4 Å². The van der Waals surface area contributed by atoms with Crippen LogP contribution in [0.3, 0.4) is 0 Å². The van der Waals surface area contributed by atoms with E-state index in [2.05, 4.69) is 13.2 Å². The Morgan fingerprint density at radius 1 is 1.12 bits per heavy atom. The molecule has 8 nitrogen and oxygen atoms in total. The highest BCUT2D eigenvalue weighted by Gasteiger charge is 2.75.